The molecule has 1 N–H and O–H groups in total. The fourth-order valence-electron chi connectivity index (χ4n) is 4.43. The van der Waals surface area contributed by atoms with Gasteiger partial charge in [0.15, 0.2) is 9.84 Å². The number of hydrogen-bond donors (Lipinski definition) is 1. The molecule has 3 heterocycles. The van der Waals surface area contributed by atoms with Crippen molar-refractivity contribution in [3.63, 3.8) is 0 Å². The van der Waals surface area contributed by atoms with Gasteiger partial charge in [-0.15, -0.1) is 0 Å². The third-order valence-corrected chi connectivity index (χ3v) is 7.70. The standard InChI is InChI=1S/C21H25N3O3S/c1-16-18(17-6-3-2-4-7-17)8-9-19(22-16)23-20(25)24-12-5-10-21(14-24)11-13-28(26,27)15-21/h2-4,6-9H,5,10-15H2,1H3,(H,22,23,25). The average molecular weight is 400 g/mol. The lowest BCUT2D eigenvalue weighted by atomic mass is 9.80. The lowest BCUT2D eigenvalue weighted by Crippen LogP contribution is -2.48. The molecule has 148 valence electrons. The number of rotatable bonds is 2. The molecule has 1 atom stereocenters. The van der Waals surface area contributed by atoms with Crippen molar-refractivity contribution < 1.29 is 13.2 Å². The molecule has 1 aromatic heterocycles. The third-order valence-electron chi connectivity index (χ3n) is 5.82. The zero-order chi connectivity index (χ0) is 19.8. The van der Waals surface area contributed by atoms with Crippen molar-refractivity contribution in [2.75, 3.05) is 29.9 Å². The average Bonchev–Trinajstić information content (AvgIpc) is 2.96. The first-order valence-electron chi connectivity index (χ1n) is 9.65. The van der Waals surface area contributed by atoms with Gasteiger partial charge in [-0.2, -0.15) is 0 Å². The minimum atomic E-state index is -2.97. The van der Waals surface area contributed by atoms with Crippen LogP contribution in [-0.2, 0) is 9.84 Å². The van der Waals surface area contributed by atoms with E-state index in [0.717, 1.165) is 29.7 Å². The van der Waals surface area contributed by atoms with Gasteiger partial charge in [-0.3, -0.25) is 5.32 Å². The number of benzene rings is 1. The Labute approximate surface area is 165 Å². The molecule has 1 aromatic carbocycles. The van der Waals surface area contributed by atoms with Crippen LogP contribution in [0.25, 0.3) is 11.1 Å². The molecule has 0 radical (unpaired) electrons. The Hall–Kier alpha value is -2.41. The van der Waals surface area contributed by atoms with E-state index in [-0.39, 0.29) is 23.0 Å². The van der Waals surface area contributed by atoms with Crippen LogP contribution in [0.1, 0.15) is 25.0 Å². The number of likely N-dealkylation sites (tertiary alicyclic amines) is 1. The summed E-state index contributed by atoms with van der Waals surface area (Å²) in [6, 6.07) is 13.6. The molecule has 2 aliphatic heterocycles. The van der Waals surface area contributed by atoms with E-state index in [9.17, 15) is 13.2 Å². The minimum absolute atomic E-state index is 0.201. The van der Waals surface area contributed by atoms with Gasteiger partial charge in [-0.25, -0.2) is 18.2 Å². The van der Waals surface area contributed by atoms with Crippen molar-refractivity contribution >= 4 is 21.7 Å². The fraction of sp³-hybridized carbons (Fsp3) is 0.429. The van der Waals surface area contributed by atoms with Crippen LogP contribution in [0.5, 0.6) is 0 Å². The highest BCUT2D eigenvalue weighted by atomic mass is 32.2. The quantitative estimate of drug-likeness (QED) is 0.838. The van der Waals surface area contributed by atoms with Crippen LogP contribution in [-0.4, -0.2) is 48.9 Å². The summed E-state index contributed by atoms with van der Waals surface area (Å²) in [4.78, 5) is 19.0. The number of nitrogens with zero attached hydrogens (tertiary/aromatic N) is 2. The van der Waals surface area contributed by atoms with Crippen molar-refractivity contribution in [1.29, 1.82) is 0 Å². The molecule has 2 amide bonds. The summed E-state index contributed by atoms with van der Waals surface area (Å²) in [6.07, 6.45) is 2.36. The summed E-state index contributed by atoms with van der Waals surface area (Å²) in [5.74, 6) is 0.956. The molecule has 2 aliphatic rings. The Morgan fingerprint density at radius 3 is 2.61 bits per heavy atom. The molecule has 0 saturated carbocycles. The van der Waals surface area contributed by atoms with Crippen LogP contribution < -0.4 is 5.32 Å². The molecule has 2 aromatic rings. The molecule has 2 fully saturated rings. The van der Waals surface area contributed by atoms with Gasteiger partial charge in [0.05, 0.1) is 11.5 Å². The third kappa shape index (κ3) is 3.90. The number of carbonyl (C=O) groups excluding carboxylic acids is 1. The maximum Gasteiger partial charge on any atom is 0.323 e. The second kappa shape index (κ2) is 7.20. The van der Waals surface area contributed by atoms with Crippen molar-refractivity contribution in [2.45, 2.75) is 26.2 Å². The van der Waals surface area contributed by atoms with Gasteiger partial charge in [0.2, 0.25) is 0 Å². The highest BCUT2D eigenvalue weighted by molar-refractivity contribution is 7.91. The molecule has 1 spiro atoms. The number of piperidine rings is 1. The van der Waals surface area contributed by atoms with E-state index < -0.39 is 9.84 Å². The lowest BCUT2D eigenvalue weighted by molar-refractivity contribution is 0.129. The Bertz CT molecular complexity index is 991. The summed E-state index contributed by atoms with van der Waals surface area (Å²) in [5.41, 5.74) is 2.70. The van der Waals surface area contributed by atoms with Gasteiger partial charge in [0.25, 0.3) is 0 Å². The van der Waals surface area contributed by atoms with Crippen LogP contribution >= 0.6 is 0 Å². The summed E-state index contributed by atoms with van der Waals surface area (Å²) in [6.45, 7) is 3.07. The Kier molecular flexibility index (Phi) is 4.87. The second-order valence-electron chi connectivity index (χ2n) is 7.99. The van der Waals surface area contributed by atoms with Crippen molar-refractivity contribution in [2.24, 2.45) is 5.41 Å². The number of amides is 2. The highest BCUT2D eigenvalue weighted by Crippen LogP contribution is 2.40. The Balaban J connectivity index is 1.46. The fourth-order valence-corrected chi connectivity index (χ4v) is 6.63. The van der Waals surface area contributed by atoms with Gasteiger partial charge in [0.1, 0.15) is 5.82 Å². The monoisotopic (exact) mass is 399 g/mol. The topological polar surface area (TPSA) is 79.4 Å². The predicted octanol–water partition coefficient (Wildman–Crippen LogP) is 3.49. The maximum absolute atomic E-state index is 12.8. The van der Waals surface area contributed by atoms with E-state index in [4.69, 9.17) is 0 Å². The minimum Gasteiger partial charge on any atom is -0.324 e. The van der Waals surface area contributed by atoms with Crippen molar-refractivity contribution in [1.82, 2.24) is 9.88 Å². The summed E-state index contributed by atoms with van der Waals surface area (Å²) < 4.78 is 23.9. The van der Waals surface area contributed by atoms with Crippen LogP contribution in [0.2, 0.25) is 0 Å². The zero-order valence-electron chi connectivity index (χ0n) is 16.0. The number of carbonyl (C=O) groups is 1. The summed E-state index contributed by atoms with van der Waals surface area (Å²) in [7, 11) is -2.97. The predicted molar refractivity (Wildman–Crippen MR) is 110 cm³/mol. The highest BCUT2D eigenvalue weighted by Gasteiger charge is 2.45. The number of aromatic nitrogens is 1. The van der Waals surface area contributed by atoms with Gasteiger partial charge in [0, 0.05) is 29.8 Å². The first kappa shape index (κ1) is 18.9. The first-order valence-corrected chi connectivity index (χ1v) is 11.5. The molecular formula is C21H25N3O3S. The molecule has 28 heavy (non-hydrogen) atoms. The SMILES string of the molecule is Cc1nc(NC(=O)N2CCCC3(CCS(=O)(=O)C3)C2)ccc1-c1ccccc1. The number of pyridine rings is 1. The molecular weight excluding hydrogens is 374 g/mol. The van der Waals surface area contributed by atoms with Crippen molar-refractivity contribution in [3.05, 3.63) is 48.2 Å². The number of sulfone groups is 1. The van der Waals surface area contributed by atoms with E-state index in [1.54, 1.807) is 4.90 Å². The zero-order valence-corrected chi connectivity index (χ0v) is 16.8. The second-order valence-corrected chi connectivity index (χ2v) is 10.2. The van der Waals surface area contributed by atoms with Gasteiger partial charge in [-0.05, 0) is 43.9 Å². The van der Waals surface area contributed by atoms with Gasteiger partial charge >= 0.3 is 6.03 Å². The molecule has 4 rings (SSSR count). The van der Waals surface area contributed by atoms with E-state index in [1.165, 1.54) is 0 Å². The van der Waals surface area contributed by atoms with Gasteiger partial charge in [-0.1, -0.05) is 30.3 Å². The number of nitrogens with one attached hydrogen (secondary N) is 1. The number of anilines is 1. The van der Waals surface area contributed by atoms with Crippen LogP contribution in [0.3, 0.4) is 0 Å². The van der Waals surface area contributed by atoms with E-state index in [0.29, 0.717) is 25.3 Å². The van der Waals surface area contributed by atoms with Crippen LogP contribution in [0.15, 0.2) is 42.5 Å². The Morgan fingerprint density at radius 2 is 1.93 bits per heavy atom. The smallest absolute Gasteiger partial charge is 0.323 e. The van der Waals surface area contributed by atoms with E-state index in [2.05, 4.69) is 10.3 Å². The summed E-state index contributed by atoms with van der Waals surface area (Å²) >= 11 is 0. The van der Waals surface area contributed by atoms with Crippen LogP contribution in [0, 0.1) is 12.3 Å². The molecule has 6 nitrogen and oxygen atoms in total. The number of hydrogen-bond acceptors (Lipinski definition) is 4. The Morgan fingerprint density at radius 1 is 1.14 bits per heavy atom. The largest absolute Gasteiger partial charge is 0.324 e. The molecule has 0 bridgehead atoms. The van der Waals surface area contributed by atoms with Gasteiger partial charge < -0.3 is 4.90 Å². The maximum atomic E-state index is 12.8. The van der Waals surface area contributed by atoms with Crippen molar-refractivity contribution in [3.8, 4) is 11.1 Å². The van der Waals surface area contributed by atoms with E-state index >= 15 is 0 Å². The normalized spacial score (nSPS) is 23.7. The molecule has 7 heteroatoms. The lowest BCUT2D eigenvalue weighted by Gasteiger charge is -2.39. The van der Waals surface area contributed by atoms with E-state index in [1.807, 2.05) is 49.4 Å². The molecule has 0 aliphatic carbocycles. The number of aryl methyl sites for hydroxylation is 1. The van der Waals surface area contributed by atoms with Crippen LogP contribution in [0.4, 0.5) is 10.6 Å². The number of urea groups is 1. The molecule has 1 unspecified atom stereocenters. The molecule has 2 saturated heterocycles. The summed E-state index contributed by atoms with van der Waals surface area (Å²) in [5, 5.41) is 2.88. The first-order chi connectivity index (χ1) is 13.4.